The van der Waals surface area contributed by atoms with E-state index in [1.54, 1.807) is 34.6 Å². The summed E-state index contributed by atoms with van der Waals surface area (Å²) >= 11 is 1.63. The van der Waals surface area contributed by atoms with E-state index in [2.05, 4.69) is 18.4 Å². The zero-order chi connectivity index (χ0) is 29.1. The van der Waals surface area contributed by atoms with E-state index in [0.29, 0.717) is 39.3 Å². The summed E-state index contributed by atoms with van der Waals surface area (Å²) in [4.78, 5) is 48.3. The molecule has 9 nitrogen and oxygen atoms in total. The predicted molar refractivity (Wildman–Crippen MR) is 157 cm³/mol. The molecule has 1 spiro atoms. The van der Waals surface area contributed by atoms with E-state index < -0.39 is 28.7 Å². The van der Waals surface area contributed by atoms with E-state index in [0.717, 1.165) is 25.1 Å². The van der Waals surface area contributed by atoms with Crippen molar-refractivity contribution in [3.05, 3.63) is 48.6 Å². The molecule has 2 amide bonds. The molecule has 1 aromatic rings. The number of thioether (sulfide) groups is 1. The number of nitrogens with zero attached hydrogens (tertiary/aromatic N) is 3. The van der Waals surface area contributed by atoms with E-state index in [1.807, 2.05) is 30.3 Å². The van der Waals surface area contributed by atoms with Gasteiger partial charge < -0.3 is 24.4 Å². The summed E-state index contributed by atoms with van der Waals surface area (Å²) < 4.78 is 10.2. The Labute approximate surface area is 247 Å². The van der Waals surface area contributed by atoms with Crippen LogP contribution in [0.1, 0.15) is 25.8 Å². The molecule has 10 heteroatoms. The van der Waals surface area contributed by atoms with E-state index in [9.17, 15) is 19.5 Å². The van der Waals surface area contributed by atoms with E-state index in [4.69, 9.17) is 9.47 Å². The largest absolute Gasteiger partial charge is 0.466 e. The Bertz CT molecular complexity index is 1110. The Hall–Kier alpha value is -2.40. The second kappa shape index (κ2) is 12.9. The fourth-order valence-corrected chi connectivity index (χ4v) is 9.87. The molecule has 0 radical (unpaired) electrons. The average molecular weight is 586 g/mol. The van der Waals surface area contributed by atoms with Crippen molar-refractivity contribution in [1.82, 2.24) is 14.7 Å². The second-order valence-corrected chi connectivity index (χ2v) is 13.2. The number of ether oxygens (including phenoxy) is 2. The van der Waals surface area contributed by atoms with Gasteiger partial charge in [0.1, 0.15) is 6.04 Å². The minimum Gasteiger partial charge on any atom is -0.466 e. The van der Waals surface area contributed by atoms with Gasteiger partial charge in [0.05, 0.1) is 49.1 Å². The number of hydrogen-bond donors (Lipinski definition) is 1. The minimum atomic E-state index is -0.796. The zero-order valence-electron chi connectivity index (χ0n) is 24.2. The van der Waals surface area contributed by atoms with Crippen LogP contribution in [0, 0.1) is 17.8 Å². The van der Waals surface area contributed by atoms with Gasteiger partial charge >= 0.3 is 5.97 Å². The molecule has 0 aromatic heterocycles. The fourth-order valence-electron chi connectivity index (χ4n) is 7.48. The van der Waals surface area contributed by atoms with Crippen molar-refractivity contribution in [2.75, 3.05) is 59.2 Å². The molecule has 4 aliphatic heterocycles. The quantitative estimate of drug-likeness (QED) is 0.293. The lowest BCUT2D eigenvalue weighted by Gasteiger charge is -2.42. The Kier molecular flexibility index (Phi) is 9.43. The number of carbonyl (C=O) groups excluding carboxylic acids is 3. The topological polar surface area (TPSA) is 99.6 Å². The Morgan fingerprint density at radius 1 is 1.29 bits per heavy atom. The molecular formula is C31H43N3O6S. The highest BCUT2D eigenvalue weighted by Gasteiger charge is 2.77. The Morgan fingerprint density at radius 3 is 2.68 bits per heavy atom. The Morgan fingerprint density at radius 2 is 2.02 bits per heavy atom. The van der Waals surface area contributed by atoms with Gasteiger partial charge in [-0.1, -0.05) is 43.3 Å². The highest BCUT2D eigenvalue weighted by molar-refractivity contribution is 8.02. The standard InChI is InChI=1S/C31H43N3O6S/c1-4-11-33(13-12-32-14-16-39-17-15-32)29(37)27-31-21(3)18-24(41-31)25(30(38)40-5-2)26(31)28(36)34(27)23(20-35)19-22-9-7-6-8-10-22/h4,6-10,21,23-27,35H,1,5,11-20H2,2-3H3/t21?,23-,24-,25+,26+,27?,31?/m1/s1. The van der Waals surface area contributed by atoms with Gasteiger partial charge in [-0.25, -0.2) is 0 Å². The van der Waals surface area contributed by atoms with Crippen LogP contribution in [-0.4, -0.2) is 119 Å². The van der Waals surface area contributed by atoms with Crippen LogP contribution >= 0.6 is 11.8 Å². The molecule has 41 heavy (non-hydrogen) atoms. The smallest absolute Gasteiger partial charge is 0.310 e. The maximum atomic E-state index is 14.7. The molecule has 1 aromatic carbocycles. The van der Waals surface area contributed by atoms with Crippen LogP contribution in [0.2, 0.25) is 0 Å². The van der Waals surface area contributed by atoms with E-state index in [1.165, 1.54) is 0 Å². The lowest BCUT2D eigenvalue weighted by atomic mass is 9.66. The summed E-state index contributed by atoms with van der Waals surface area (Å²) in [5.41, 5.74) is 0.974. The molecule has 4 fully saturated rings. The first-order chi connectivity index (χ1) is 19.9. The molecule has 1 N–H and O–H groups in total. The van der Waals surface area contributed by atoms with Gasteiger partial charge in [0.2, 0.25) is 11.8 Å². The van der Waals surface area contributed by atoms with Crippen molar-refractivity contribution < 1.29 is 29.0 Å². The number of carbonyl (C=O) groups is 3. The molecule has 4 heterocycles. The van der Waals surface area contributed by atoms with Crippen molar-refractivity contribution >= 4 is 29.5 Å². The van der Waals surface area contributed by atoms with Crippen molar-refractivity contribution in [2.24, 2.45) is 17.8 Å². The number of fused-ring (bicyclic) bond motifs is 1. The van der Waals surface area contributed by atoms with Crippen LogP contribution in [0.3, 0.4) is 0 Å². The van der Waals surface area contributed by atoms with Crippen LogP contribution in [0.25, 0.3) is 0 Å². The van der Waals surface area contributed by atoms with Crippen LogP contribution < -0.4 is 0 Å². The number of likely N-dealkylation sites (tertiary alicyclic amines) is 1. The van der Waals surface area contributed by atoms with Crippen molar-refractivity contribution in [2.45, 2.75) is 48.8 Å². The number of rotatable bonds is 12. The van der Waals surface area contributed by atoms with Gasteiger partial charge in [-0.05, 0) is 31.2 Å². The second-order valence-electron chi connectivity index (χ2n) is 11.6. The first-order valence-corrected chi connectivity index (χ1v) is 15.8. The van der Waals surface area contributed by atoms with Gasteiger partial charge in [0.15, 0.2) is 0 Å². The molecule has 3 unspecified atom stereocenters. The van der Waals surface area contributed by atoms with Crippen molar-refractivity contribution in [1.29, 1.82) is 0 Å². The number of aliphatic hydroxyl groups is 1. The SMILES string of the molecule is C=CCN(CCN1CCOCC1)C(=O)C1N([C@@H](CO)Cc2ccccc2)C(=O)[C@@H]2[C@@H](C(=O)OCC)[C@H]3CC(C)C12S3. The number of morpholine rings is 1. The monoisotopic (exact) mass is 585 g/mol. The maximum absolute atomic E-state index is 14.7. The summed E-state index contributed by atoms with van der Waals surface area (Å²) in [5, 5.41) is 10.6. The van der Waals surface area contributed by atoms with E-state index >= 15 is 0 Å². The van der Waals surface area contributed by atoms with Crippen LogP contribution in [-0.2, 0) is 30.3 Å². The number of benzene rings is 1. The number of esters is 1. The highest BCUT2D eigenvalue weighted by atomic mass is 32.2. The number of amides is 2. The molecule has 0 aliphatic carbocycles. The molecule has 5 rings (SSSR count). The summed E-state index contributed by atoms with van der Waals surface area (Å²) in [6.45, 7) is 12.3. The molecule has 2 bridgehead atoms. The van der Waals surface area contributed by atoms with Crippen LogP contribution in [0.5, 0.6) is 0 Å². The molecule has 7 atom stereocenters. The molecule has 0 saturated carbocycles. The predicted octanol–water partition coefficient (Wildman–Crippen LogP) is 1.84. The van der Waals surface area contributed by atoms with Gasteiger partial charge in [0, 0.05) is 38.0 Å². The first kappa shape index (κ1) is 30.1. The van der Waals surface area contributed by atoms with Gasteiger partial charge in [-0.2, -0.15) is 0 Å². The van der Waals surface area contributed by atoms with Gasteiger partial charge in [0.25, 0.3) is 0 Å². The highest BCUT2D eigenvalue weighted by Crippen LogP contribution is 2.69. The average Bonchev–Trinajstić information content (AvgIpc) is 3.58. The summed E-state index contributed by atoms with van der Waals surface area (Å²) in [7, 11) is 0. The lowest BCUT2D eigenvalue weighted by molar-refractivity contribution is -0.154. The van der Waals surface area contributed by atoms with Crippen LogP contribution in [0.4, 0.5) is 0 Å². The summed E-state index contributed by atoms with van der Waals surface area (Å²) in [5.74, 6) is -1.93. The Balaban J connectivity index is 1.52. The zero-order valence-corrected chi connectivity index (χ0v) is 25.0. The third-order valence-electron chi connectivity index (χ3n) is 9.35. The molecule has 4 saturated heterocycles. The minimum absolute atomic E-state index is 0.0389. The molecule has 4 aliphatic rings. The molecular weight excluding hydrogens is 542 g/mol. The van der Waals surface area contributed by atoms with E-state index in [-0.39, 0.29) is 42.2 Å². The number of hydrogen-bond acceptors (Lipinski definition) is 8. The first-order valence-electron chi connectivity index (χ1n) is 14.9. The summed E-state index contributed by atoms with van der Waals surface area (Å²) in [6.07, 6.45) is 2.88. The van der Waals surface area contributed by atoms with Crippen molar-refractivity contribution in [3.63, 3.8) is 0 Å². The normalized spacial score (nSPS) is 31.6. The van der Waals surface area contributed by atoms with Crippen molar-refractivity contribution in [3.8, 4) is 0 Å². The van der Waals surface area contributed by atoms with Gasteiger partial charge in [-0.3, -0.25) is 19.3 Å². The third kappa shape index (κ3) is 5.44. The van der Waals surface area contributed by atoms with Gasteiger partial charge in [-0.15, -0.1) is 18.3 Å². The fraction of sp³-hybridized carbons (Fsp3) is 0.645. The lowest BCUT2D eigenvalue weighted by Crippen LogP contribution is -2.60. The van der Waals surface area contributed by atoms with Crippen LogP contribution in [0.15, 0.2) is 43.0 Å². The summed E-state index contributed by atoms with van der Waals surface area (Å²) in [6, 6.07) is 8.33. The third-order valence-corrected chi connectivity index (χ3v) is 11.4. The number of aliphatic hydroxyl groups excluding tert-OH is 1. The maximum Gasteiger partial charge on any atom is 0.310 e. The molecule has 224 valence electrons.